The maximum atomic E-state index is 12.1. The zero-order chi connectivity index (χ0) is 17.9. The van der Waals surface area contributed by atoms with E-state index in [0.29, 0.717) is 12.1 Å². The molecule has 0 saturated carbocycles. The molecule has 0 saturated heterocycles. The molecule has 3 N–H and O–H groups in total. The smallest absolute Gasteiger partial charge is 0.240 e. The highest BCUT2D eigenvalue weighted by molar-refractivity contribution is 5.92. The molecule has 6 nitrogen and oxygen atoms in total. The van der Waals surface area contributed by atoms with Crippen LogP contribution in [0, 0.1) is 0 Å². The highest BCUT2D eigenvalue weighted by Crippen LogP contribution is 2.22. The molecule has 128 valence electrons. The van der Waals surface area contributed by atoms with Crippen molar-refractivity contribution >= 4 is 23.2 Å². The number of carbonyl (C=O) groups is 1. The summed E-state index contributed by atoms with van der Waals surface area (Å²) >= 11 is 0. The van der Waals surface area contributed by atoms with Crippen molar-refractivity contribution in [1.82, 2.24) is 14.6 Å². The number of benzene rings is 2. The summed E-state index contributed by atoms with van der Waals surface area (Å²) in [5.74, 6) is 0.210. The van der Waals surface area contributed by atoms with Gasteiger partial charge in [-0.1, -0.05) is 42.5 Å². The van der Waals surface area contributed by atoms with Crippen LogP contribution in [-0.2, 0) is 11.2 Å². The molecular weight excluding hydrogens is 326 g/mol. The van der Waals surface area contributed by atoms with E-state index in [2.05, 4.69) is 15.4 Å². The molecule has 0 aliphatic rings. The van der Waals surface area contributed by atoms with Crippen LogP contribution in [0.4, 0.5) is 11.6 Å². The minimum Gasteiger partial charge on any atom is -0.366 e. The van der Waals surface area contributed by atoms with Gasteiger partial charge in [0, 0.05) is 17.4 Å². The van der Waals surface area contributed by atoms with Crippen LogP contribution in [0.25, 0.3) is 16.8 Å². The molecule has 4 aromatic rings. The molecule has 0 spiro atoms. The number of amides is 1. The molecule has 1 amide bonds. The molecule has 0 aliphatic carbocycles. The average molecular weight is 343 g/mol. The lowest BCUT2D eigenvalue weighted by molar-refractivity contribution is -0.115. The van der Waals surface area contributed by atoms with Crippen LogP contribution < -0.4 is 11.1 Å². The number of fused-ring (bicyclic) bond motifs is 1. The molecule has 4 rings (SSSR count). The maximum absolute atomic E-state index is 12.1. The van der Waals surface area contributed by atoms with Crippen LogP contribution in [0.1, 0.15) is 5.56 Å². The number of hydrogen-bond donors (Lipinski definition) is 2. The van der Waals surface area contributed by atoms with E-state index in [4.69, 9.17) is 5.73 Å². The third-order valence-electron chi connectivity index (χ3n) is 4.06. The van der Waals surface area contributed by atoms with E-state index in [1.54, 1.807) is 4.52 Å². The van der Waals surface area contributed by atoms with Crippen molar-refractivity contribution in [2.45, 2.75) is 6.42 Å². The zero-order valence-electron chi connectivity index (χ0n) is 14.0. The predicted octanol–water partition coefficient (Wildman–Crippen LogP) is 3.16. The highest BCUT2D eigenvalue weighted by atomic mass is 16.1. The third kappa shape index (κ3) is 3.39. The Morgan fingerprint density at radius 3 is 2.46 bits per heavy atom. The molecule has 0 radical (unpaired) electrons. The van der Waals surface area contributed by atoms with Gasteiger partial charge in [-0.25, -0.2) is 4.52 Å². The minimum atomic E-state index is -0.0385. The molecule has 0 aliphatic heterocycles. The van der Waals surface area contributed by atoms with Gasteiger partial charge in [-0.15, -0.1) is 5.10 Å². The monoisotopic (exact) mass is 343 g/mol. The highest BCUT2D eigenvalue weighted by Gasteiger charge is 2.06. The second-order valence-electron chi connectivity index (χ2n) is 5.98. The van der Waals surface area contributed by atoms with E-state index >= 15 is 0 Å². The Labute approximate surface area is 150 Å². The van der Waals surface area contributed by atoms with Crippen LogP contribution >= 0.6 is 0 Å². The van der Waals surface area contributed by atoms with Gasteiger partial charge in [-0.3, -0.25) is 4.79 Å². The second kappa shape index (κ2) is 6.68. The number of pyridine rings is 1. The van der Waals surface area contributed by atoms with Crippen LogP contribution in [-0.4, -0.2) is 20.5 Å². The van der Waals surface area contributed by atoms with Crippen molar-refractivity contribution in [2.24, 2.45) is 0 Å². The van der Waals surface area contributed by atoms with Gasteiger partial charge >= 0.3 is 0 Å². The van der Waals surface area contributed by atoms with Gasteiger partial charge in [0.05, 0.1) is 6.42 Å². The fraction of sp³-hybridized carbons (Fsp3) is 0.0500. The number of rotatable bonds is 4. The summed E-state index contributed by atoms with van der Waals surface area (Å²) in [5.41, 5.74) is 10.1. The number of nitrogens with one attached hydrogen (secondary N) is 1. The first-order chi connectivity index (χ1) is 12.7. The zero-order valence-corrected chi connectivity index (χ0v) is 14.0. The summed E-state index contributed by atoms with van der Waals surface area (Å²) in [6.07, 6.45) is 2.23. The molecule has 2 aromatic carbocycles. The van der Waals surface area contributed by atoms with E-state index in [9.17, 15) is 4.79 Å². The van der Waals surface area contributed by atoms with Gasteiger partial charge in [-0.2, -0.15) is 4.98 Å². The van der Waals surface area contributed by atoms with Crippen LogP contribution in [0.5, 0.6) is 0 Å². The number of aromatic nitrogens is 3. The van der Waals surface area contributed by atoms with Gasteiger partial charge in [0.25, 0.3) is 0 Å². The molecule has 0 unspecified atom stereocenters. The molecule has 2 aromatic heterocycles. The Kier molecular flexibility index (Phi) is 4.07. The summed E-state index contributed by atoms with van der Waals surface area (Å²) in [7, 11) is 0. The molecular formula is C20H17N5O. The first-order valence-corrected chi connectivity index (χ1v) is 8.23. The van der Waals surface area contributed by atoms with E-state index in [1.165, 1.54) is 0 Å². The predicted molar refractivity (Wildman–Crippen MR) is 102 cm³/mol. The van der Waals surface area contributed by atoms with E-state index in [1.807, 2.05) is 72.9 Å². The SMILES string of the molecule is Nc1nc2ccc(-c3ccc(NC(=O)Cc4ccccc4)cc3)cn2n1. The number of nitrogen functional groups attached to an aromatic ring is 1. The van der Waals surface area contributed by atoms with Gasteiger partial charge in [0.2, 0.25) is 11.9 Å². The van der Waals surface area contributed by atoms with E-state index in [-0.39, 0.29) is 11.9 Å². The molecule has 6 heteroatoms. The molecule has 0 bridgehead atoms. The number of anilines is 2. The fourth-order valence-corrected chi connectivity index (χ4v) is 2.80. The first kappa shape index (κ1) is 15.8. The summed E-state index contributed by atoms with van der Waals surface area (Å²) < 4.78 is 1.65. The fourth-order valence-electron chi connectivity index (χ4n) is 2.80. The van der Waals surface area contributed by atoms with Crippen molar-refractivity contribution in [3.05, 3.63) is 78.5 Å². The number of carbonyl (C=O) groups excluding carboxylic acids is 1. The lowest BCUT2D eigenvalue weighted by Gasteiger charge is -2.07. The average Bonchev–Trinajstić information content (AvgIpc) is 3.02. The third-order valence-corrected chi connectivity index (χ3v) is 4.06. The van der Waals surface area contributed by atoms with Crippen molar-refractivity contribution < 1.29 is 4.79 Å². The second-order valence-corrected chi connectivity index (χ2v) is 5.98. The maximum Gasteiger partial charge on any atom is 0.240 e. The largest absolute Gasteiger partial charge is 0.366 e. The van der Waals surface area contributed by atoms with Gasteiger partial charge < -0.3 is 11.1 Å². The van der Waals surface area contributed by atoms with Crippen molar-refractivity contribution in [3.63, 3.8) is 0 Å². The van der Waals surface area contributed by atoms with E-state index in [0.717, 1.165) is 22.4 Å². The van der Waals surface area contributed by atoms with Crippen LogP contribution in [0.15, 0.2) is 72.9 Å². The van der Waals surface area contributed by atoms with Crippen LogP contribution in [0.3, 0.4) is 0 Å². The Morgan fingerprint density at radius 1 is 0.962 bits per heavy atom. The lowest BCUT2D eigenvalue weighted by Crippen LogP contribution is -2.14. The quantitative estimate of drug-likeness (QED) is 0.596. The normalized spacial score (nSPS) is 10.8. The van der Waals surface area contributed by atoms with Crippen molar-refractivity contribution in [1.29, 1.82) is 0 Å². The lowest BCUT2D eigenvalue weighted by atomic mass is 10.1. The number of nitrogens with zero attached hydrogens (tertiary/aromatic N) is 3. The van der Waals surface area contributed by atoms with Gasteiger partial charge in [-0.05, 0) is 35.4 Å². The van der Waals surface area contributed by atoms with Gasteiger partial charge in [0.1, 0.15) is 0 Å². The van der Waals surface area contributed by atoms with Crippen molar-refractivity contribution in [3.8, 4) is 11.1 Å². The first-order valence-electron chi connectivity index (χ1n) is 8.23. The number of hydrogen-bond acceptors (Lipinski definition) is 4. The minimum absolute atomic E-state index is 0.0385. The Hall–Kier alpha value is -3.67. The topological polar surface area (TPSA) is 85.3 Å². The Morgan fingerprint density at radius 2 is 1.69 bits per heavy atom. The summed E-state index contributed by atoms with van der Waals surface area (Å²) in [6, 6.07) is 21.2. The number of nitrogens with two attached hydrogens (primary N) is 1. The molecule has 2 heterocycles. The molecule has 0 atom stereocenters. The van der Waals surface area contributed by atoms with Crippen LogP contribution in [0.2, 0.25) is 0 Å². The van der Waals surface area contributed by atoms with Crippen molar-refractivity contribution in [2.75, 3.05) is 11.1 Å². The van der Waals surface area contributed by atoms with E-state index < -0.39 is 0 Å². The summed E-state index contributed by atoms with van der Waals surface area (Å²) in [4.78, 5) is 16.3. The Balaban J connectivity index is 1.48. The Bertz CT molecular complexity index is 1050. The summed E-state index contributed by atoms with van der Waals surface area (Å²) in [5, 5.41) is 7.04. The summed E-state index contributed by atoms with van der Waals surface area (Å²) in [6.45, 7) is 0. The van der Waals surface area contributed by atoms with Gasteiger partial charge in [0.15, 0.2) is 5.65 Å². The standard InChI is InChI=1S/C20H17N5O/c21-20-23-18-11-8-16(13-25(18)24-20)15-6-9-17(10-7-15)22-19(26)12-14-4-2-1-3-5-14/h1-11,13H,12H2,(H2,21,24)(H,22,26). The molecule has 0 fully saturated rings. The molecule has 26 heavy (non-hydrogen) atoms.